The van der Waals surface area contributed by atoms with Crippen LogP contribution in [0.2, 0.25) is 0 Å². The maximum absolute atomic E-state index is 11.2. The molecule has 0 aliphatic heterocycles. The Labute approximate surface area is 147 Å². The second kappa shape index (κ2) is 8.15. The van der Waals surface area contributed by atoms with E-state index in [1.807, 2.05) is 72.8 Å². The Morgan fingerprint density at radius 2 is 1.36 bits per heavy atom. The highest BCUT2D eigenvalue weighted by Gasteiger charge is 2.15. The van der Waals surface area contributed by atoms with Crippen molar-refractivity contribution in [1.82, 2.24) is 0 Å². The summed E-state index contributed by atoms with van der Waals surface area (Å²) in [6.45, 7) is 1.58. The lowest BCUT2D eigenvalue weighted by Crippen LogP contribution is -2.16. The second-order valence-electron chi connectivity index (χ2n) is 5.71. The molecule has 3 heteroatoms. The summed E-state index contributed by atoms with van der Waals surface area (Å²) >= 11 is 0. The van der Waals surface area contributed by atoms with Gasteiger partial charge in [0, 0.05) is 6.92 Å². The molecule has 0 heterocycles. The molecule has 25 heavy (non-hydrogen) atoms. The van der Waals surface area contributed by atoms with Gasteiger partial charge in [0.25, 0.3) is 0 Å². The largest absolute Gasteiger partial charge is 0.482 e. The van der Waals surface area contributed by atoms with Crippen molar-refractivity contribution in [2.45, 2.75) is 13.0 Å². The Morgan fingerprint density at radius 3 is 1.96 bits per heavy atom. The molecule has 0 saturated heterocycles. The quantitative estimate of drug-likeness (QED) is 0.593. The Kier molecular flexibility index (Phi) is 5.47. The third kappa shape index (κ3) is 4.70. The van der Waals surface area contributed by atoms with E-state index >= 15 is 0 Å². The van der Waals surface area contributed by atoms with E-state index in [-0.39, 0.29) is 18.7 Å². The van der Waals surface area contributed by atoms with Crippen molar-refractivity contribution in [1.29, 1.82) is 0 Å². The molecule has 0 bridgehead atoms. The van der Waals surface area contributed by atoms with Crippen LogP contribution < -0.4 is 4.74 Å². The number of benzene rings is 3. The summed E-state index contributed by atoms with van der Waals surface area (Å²) in [5.74, 6) is 0.421. The highest BCUT2D eigenvalue weighted by atomic mass is 16.6. The van der Waals surface area contributed by atoms with Gasteiger partial charge in [-0.15, -0.1) is 0 Å². The van der Waals surface area contributed by atoms with E-state index in [4.69, 9.17) is 9.47 Å². The molecular formula is C22H20O3. The predicted molar refractivity (Wildman–Crippen MR) is 98.3 cm³/mol. The number of carbonyl (C=O) groups is 1. The van der Waals surface area contributed by atoms with E-state index < -0.39 is 0 Å². The first-order chi connectivity index (χ1) is 12.2. The van der Waals surface area contributed by atoms with Crippen molar-refractivity contribution in [2.24, 2.45) is 0 Å². The highest BCUT2D eigenvalue weighted by molar-refractivity contribution is 5.66. The first-order valence-corrected chi connectivity index (χ1v) is 8.23. The Bertz CT molecular complexity index is 796. The summed E-state index contributed by atoms with van der Waals surface area (Å²) in [6.07, 6.45) is -0.340. The number of hydrogen-bond acceptors (Lipinski definition) is 3. The molecule has 3 aromatic carbocycles. The van der Waals surface area contributed by atoms with Crippen molar-refractivity contribution >= 4 is 5.97 Å². The molecule has 3 rings (SSSR count). The summed E-state index contributed by atoms with van der Waals surface area (Å²) in [7, 11) is 0. The van der Waals surface area contributed by atoms with Crippen LogP contribution in [0.15, 0.2) is 84.9 Å². The van der Waals surface area contributed by atoms with Gasteiger partial charge in [-0.25, -0.2) is 0 Å². The first kappa shape index (κ1) is 16.8. The minimum absolute atomic E-state index is 0.180. The topological polar surface area (TPSA) is 35.5 Å². The number of rotatable bonds is 6. The molecule has 1 unspecified atom stereocenters. The van der Waals surface area contributed by atoms with Crippen LogP contribution in [0, 0.1) is 0 Å². The van der Waals surface area contributed by atoms with Gasteiger partial charge in [-0.1, -0.05) is 72.8 Å². The minimum Gasteiger partial charge on any atom is -0.482 e. The Morgan fingerprint density at radius 1 is 0.800 bits per heavy atom. The normalized spacial score (nSPS) is 11.6. The van der Waals surface area contributed by atoms with Crippen LogP contribution in [0.25, 0.3) is 11.1 Å². The summed E-state index contributed by atoms with van der Waals surface area (Å²) in [5, 5.41) is 0. The fourth-order valence-electron chi connectivity index (χ4n) is 2.58. The smallest absolute Gasteiger partial charge is 0.302 e. The average Bonchev–Trinajstić information content (AvgIpc) is 2.67. The van der Waals surface area contributed by atoms with Crippen LogP contribution in [0.3, 0.4) is 0 Å². The van der Waals surface area contributed by atoms with Crippen LogP contribution in [0.1, 0.15) is 18.6 Å². The van der Waals surface area contributed by atoms with Crippen molar-refractivity contribution in [3.05, 3.63) is 90.5 Å². The zero-order valence-electron chi connectivity index (χ0n) is 14.1. The van der Waals surface area contributed by atoms with Gasteiger partial charge in [-0.05, 0) is 28.8 Å². The minimum atomic E-state index is -0.340. The predicted octanol–water partition coefficient (Wildman–Crippen LogP) is 5.04. The molecule has 0 fully saturated rings. The summed E-state index contributed by atoms with van der Waals surface area (Å²) in [5.41, 5.74) is 3.26. The fourth-order valence-corrected chi connectivity index (χ4v) is 2.58. The number of carbonyl (C=O) groups excluding carboxylic acids is 1. The van der Waals surface area contributed by atoms with Gasteiger partial charge in [-0.3, -0.25) is 4.79 Å². The lowest BCUT2D eigenvalue weighted by atomic mass is 10.1. The number of esters is 1. The molecule has 1 atom stereocenters. The van der Waals surface area contributed by atoms with Gasteiger partial charge < -0.3 is 9.47 Å². The molecule has 126 valence electrons. The zero-order valence-corrected chi connectivity index (χ0v) is 14.1. The van der Waals surface area contributed by atoms with E-state index in [2.05, 4.69) is 12.1 Å². The van der Waals surface area contributed by atoms with Crippen molar-refractivity contribution in [3.63, 3.8) is 0 Å². The lowest BCUT2D eigenvalue weighted by Gasteiger charge is -2.19. The van der Waals surface area contributed by atoms with Crippen molar-refractivity contribution in [3.8, 4) is 16.9 Å². The van der Waals surface area contributed by atoms with Gasteiger partial charge in [0.05, 0.1) is 0 Å². The third-order valence-electron chi connectivity index (χ3n) is 3.85. The maximum Gasteiger partial charge on any atom is 0.302 e. The van der Waals surface area contributed by atoms with Crippen LogP contribution in [-0.4, -0.2) is 12.6 Å². The molecule has 0 aliphatic rings. The standard InChI is InChI=1S/C22H20O3/c1-17(23)24-16-22(20-10-6-3-7-11-20)25-21-14-12-19(13-15-21)18-8-4-2-5-9-18/h2-15,22H,16H2,1H3. The summed E-state index contributed by atoms with van der Waals surface area (Å²) in [6, 6.07) is 27.9. The molecule has 0 aliphatic carbocycles. The van der Waals surface area contributed by atoms with Crippen LogP contribution in [0.5, 0.6) is 5.75 Å². The average molecular weight is 332 g/mol. The first-order valence-electron chi connectivity index (χ1n) is 8.23. The zero-order chi connectivity index (χ0) is 17.5. The summed E-state index contributed by atoms with van der Waals surface area (Å²) < 4.78 is 11.2. The van der Waals surface area contributed by atoms with Crippen LogP contribution in [-0.2, 0) is 9.53 Å². The fraction of sp³-hybridized carbons (Fsp3) is 0.136. The maximum atomic E-state index is 11.2. The molecule has 0 radical (unpaired) electrons. The van der Waals surface area contributed by atoms with Gasteiger partial charge in [0.2, 0.25) is 0 Å². The molecule has 0 amide bonds. The monoisotopic (exact) mass is 332 g/mol. The molecule has 0 spiro atoms. The molecule has 0 N–H and O–H groups in total. The van der Waals surface area contributed by atoms with Crippen LogP contribution >= 0.6 is 0 Å². The lowest BCUT2D eigenvalue weighted by molar-refractivity contribution is -0.143. The highest BCUT2D eigenvalue weighted by Crippen LogP contribution is 2.26. The van der Waals surface area contributed by atoms with E-state index in [1.54, 1.807) is 0 Å². The van der Waals surface area contributed by atoms with E-state index in [1.165, 1.54) is 6.92 Å². The SMILES string of the molecule is CC(=O)OCC(Oc1ccc(-c2ccccc2)cc1)c1ccccc1. The third-order valence-corrected chi connectivity index (χ3v) is 3.85. The van der Waals surface area contributed by atoms with Crippen LogP contribution in [0.4, 0.5) is 0 Å². The van der Waals surface area contributed by atoms with Crippen molar-refractivity contribution < 1.29 is 14.3 Å². The van der Waals surface area contributed by atoms with E-state index in [0.29, 0.717) is 0 Å². The van der Waals surface area contributed by atoms with Gasteiger partial charge in [0.1, 0.15) is 12.4 Å². The second-order valence-corrected chi connectivity index (χ2v) is 5.71. The Hall–Kier alpha value is -3.07. The van der Waals surface area contributed by atoms with Gasteiger partial charge >= 0.3 is 5.97 Å². The molecular weight excluding hydrogens is 312 g/mol. The van der Waals surface area contributed by atoms with Crippen molar-refractivity contribution in [2.75, 3.05) is 6.61 Å². The summed E-state index contributed by atoms with van der Waals surface area (Å²) in [4.78, 5) is 11.2. The number of hydrogen-bond donors (Lipinski definition) is 0. The molecule has 3 nitrogen and oxygen atoms in total. The number of ether oxygens (including phenoxy) is 2. The molecule has 0 aromatic heterocycles. The van der Waals surface area contributed by atoms with E-state index in [9.17, 15) is 4.79 Å². The van der Waals surface area contributed by atoms with E-state index in [0.717, 1.165) is 22.4 Å². The van der Waals surface area contributed by atoms with Gasteiger partial charge in [-0.2, -0.15) is 0 Å². The molecule has 0 saturated carbocycles. The Balaban J connectivity index is 1.76. The van der Waals surface area contributed by atoms with Gasteiger partial charge in [0.15, 0.2) is 6.10 Å². The molecule has 3 aromatic rings.